The number of benzene rings is 1. The smallest absolute Gasteiger partial charge is 0.252 e. The quantitative estimate of drug-likeness (QED) is 0.832. The molecule has 1 heterocycles. The first-order chi connectivity index (χ1) is 11.0. The lowest BCUT2D eigenvalue weighted by Gasteiger charge is -2.17. The molecular weight excluding hydrogens is 317 g/mol. The number of anilines is 1. The molecule has 1 unspecified atom stereocenters. The summed E-state index contributed by atoms with van der Waals surface area (Å²) in [4.78, 5) is 16.0. The van der Waals surface area contributed by atoms with Crippen LogP contribution in [-0.4, -0.2) is 17.4 Å². The van der Waals surface area contributed by atoms with Gasteiger partial charge in [0.05, 0.1) is 11.6 Å². The Morgan fingerprint density at radius 2 is 2.13 bits per heavy atom. The molecule has 0 radical (unpaired) electrons. The standard InChI is InChI=1S/C17H19ClFN3O/c1-3-9-20-17(23)12-7-8-15(21-10-12)22-11(2)16-13(18)5-4-6-14(16)19/h4-8,10-11H,3,9H2,1-2H3,(H,20,23)(H,21,22). The number of amides is 1. The van der Waals surface area contributed by atoms with Crippen LogP contribution in [0.2, 0.25) is 5.02 Å². The minimum Gasteiger partial charge on any atom is -0.363 e. The van der Waals surface area contributed by atoms with Crippen molar-refractivity contribution in [2.45, 2.75) is 26.3 Å². The summed E-state index contributed by atoms with van der Waals surface area (Å²) < 4.78 is 13.9. The van der Waals surface area contributed by atoms with Crippen LogP contribution in [0, 0.1) is 5.82 Å². The topological polar surface area (TPSA) is 54.0 Å². The summed E-state index contributed by atoms with van der Waals surface area (Å²) in [6, 6.07) is 7.59. The Balaban J connectivity index is 2.07. The first kappa shape index (κ1) is 17.2. The van der Waals surface area contributed by atoms with Gasteiger partial charge in [-0.1, -0.05) is 24.6 Å². The zero-order chi connectivity index (χ0) is 16.8. The van der Waals surface area contributed by atoms with Crippen molar-refractivity contribution in [3.63, 3.8) is 0 Å². The van der Waals surface area contributed by atoms with E-state index in [-0.39, 0.29) is 17.8 Å². The summed E-state index contributed by atoms with van der Waals surface area (Å²) >= 11 is 6.05. The normalized spacial score (nSPS) is 11.8. The molecule has 2 N–H and O–H groups in total. The summed E-state index contributed by atoms with van der Waals surface area (Å²) in [5.41, 5.74) is 0.876. The number of rotatable bonds is 6. The van der Waals surface area contributed by atoms with Crippen LogP contribution in [0.4, 0.5) is 10.2 Å². The fourth-order valence-electron chi connectivity index (χ4n) is 2.17. The zero-order valence-corrected chi connectivity index (χ0v) is 13.8. The van der Waals surface area contributed by atoms with E-state index < -0.39 is 0 Å². The van der Waals surface area contributed by atoms with Gasteiger partial charge >= 0.3 is 0 Å². The molecule has 0 aliphatic carbocycles. The van der Waals surface area contributed by atoms with E-state index in [2.05, 4.69) is 15.6 Å². The second-order valence-electron chi connectivity index (χ2n) is 5.19. The predicted molar refractivity (Wildman–Crippen MR) is 90.3 cm³/mol. The van der Waals surface area contributed by atoms with Crippen molar-refractivity contribution in [1.82, 2.24) is 10.3 Å². The maximum atomic E-state index is 13.9. The molecule has 1 amide bonds. The number of pyridine rings is 1. The van der Waals surface area contributed by atoms with Gasteiger partial charge in [-0.25, -0.2) is 9.37 Å². The molecule has 1 aromatic carbocycles. The molecular formula is C17H19ClFN3O. The van der Waals surface area contributed by atoms with E-state index in [0.717, 1.165) is 6.42 Å². The first-order valence-electron chi connectivity index (χ1n) is 7.47. The average molecular weight is 336 g/mol. The number of hydrogen-bond acceptors (Lipinski definition) is 3. The lowest BCUT2D eigenvalue weighted by atomic mass is 10.1. The molecule has 4 nitrogen and oxygen atoms in total. The summed E-state index contributed by atoms with van der Waals surface area (Å²) in [6.07, 6.45) is 2.36. The lowest BCUT2D eigenvalue weighted by Crippen LogP contribution is -2.24. The summed E-state index contributed by atoms with van der Waals surface area (Å²) in [6.45, 7) is 4.41. The van der Waals surface area contributed by atoms with Crippen LogP contribution in [0.3, 0.4) is 0 Å². The van der Waals surface area contributed by atoms with Crippen LogP contribution in [0.1, 0.15) is 42.2 Å². The van der Waals surface area contributed by atoms with Gasteiger partial charge in [-0.05, 0) is 37.6 Å². The minimum atomic E-state index is -0.368. The van der Waals surface area contributed by atoms with Crippen molar-refractivity contribution in [2.75, 3.05) is 11.9 Å². The SMILES string of the molecule is CCCNC(=O)c1ccc(NC(C)c2c(F)cccc2Cl)nc1. The second kappa shape index (κ2) is 7.92. The Morgan fingerprint density at radius 1 is 1.35 bits per heavy atom. The van der Waals surface area contributed by atoms with Crippen LogP contribution in [0.15, 0.2) is 36.5 Å². The molecule has 0 fully saturated rings. The predicted octanol–water partition coefficient (Wildman–Crippen LogP) is 4.19. The van der Waals surface area contributed by atoms with Crippen molar-refractivity contribution < 1.29 is 9.18 Å². The van der Waals surface area contributed by atoms with Crippen molar-refractivity contribution in [2.24, 2.45) is 0 Å². The summed E-state index contributed by atoms with van der Waals surface area (Å²) in [5.74, 6) is 0.0213. The third-order valence-corrected chi connectivity index (χ3v) is 3.69. The molecule has 6 heteroatoms. The Bertz CT molecular complexity index is 656. The number of hydrogen-bond donors (Lipinski definition) is 2. The molecule has 0 spiro atoms. The zero-order valence-electron chi connectivity index (χ0n) is 13.1. The molecule has 2 aromatic rings. The van der Waals surface area contributed by atoms with Crippen LogP contribution >= 0.6 is 11.6 Å². The van der Waals surface area contributed by atoms with E-state index in [1.165, 1.54) is 12.3 Å². The fraction of sp³-hybridized carbons (Fsp3) is 0.294. The van der Waals surface area contributed by atoms with Gasteiger partial charge in [0.2, 0.25) is 0 Å². The first-order valence-corrected chi connectivity index (χ1v) is 7.85. The van der Waals surface area contributed by atoms with E-state index in [1.54, 1.807) is 31.2 Å². The number of carbonyl (C=O) groups is 1. The van der Waals surface area contributed by atoms with E-state index in [0.29, 0.717) is 28.5 Å². The highest BCUT2D eigenvalue weighted by Crippen LogP contribution is 2.27. The highest BCUT2D eigenvalue weighted by molar-refractivity contribution is 6.31. The highest BCUT2D eigenvalue weighted by atomic mass is 35.5. The molecule has 0 aliphatic rings. The van der Waals surface area contributed by atoms with Gasteiger partial charge in [0, 0.05) is 23.3 Å². The Hall–Kier alpha value is -2.14. The Labute approximate surface area is 140 Å². The number of aromatic nitrogens is 1. The largest absolute Gasteiger partial charge is 0.363 e. The van der Waals surface area contributed by atoms with E-state index in [4.69, 9.17) is 11.6 Å². The van der Waals surface area contributed by atoms with Crippen LogP contribution < -0.4 is 10.6 Å². The third kappa shape index (κ3) is 4.42. The van der Waals surface area contributed by atoms with Gasteiger partial charge in [-0.3, -0.25) is 4.79 Å². The maximum Gasteiger partial charge on any atom is 0.252 e. The second-order valence-corrected chi connectivity index (χ2v) is 5.60. The van der Waals surface area contributed by atoms with E-state index in [9.17, 15) is 9.18 Å². The summed E-state index contributed by atoms with van der Waals surface area (Å²) in [5, 5.41) is 6.23. The van der Waals surface area contributed by atoms with Crippen molar-refractivity contribution >= 4 is 23.3 Å². The van der Waals surface area contributed by atoms with Gasteiger partial charge in [-0.15, -0.1) is 0 Å². The molecule has 0 saturated heterocycles. The lowest BCUT2D eigenvalue weighted by molar-refractivity contribution is 0.0953. The van der Waals surface area contributed by atoms with Gasteiger partial charge in [0.25, 0.3) is 5.91 Å². The van der Waals surface area contributed by atoms with Crippen molar-refractivity contribution in [3.8, 4) is 0 Å². The highest BCUT2D eigenvalue weighted by Gasteiger charge is 2.15. The van der Waals surface area contributed by atoms with Crippen molar-refractivity contribution in [3.05, 3.63) is 58.5 Å². The van der Waals surface area contributed by atoms with E-state index in [1.807, 2.05) is 6.92 Å². The van der Waals surface area contributed by atoms with Crippen LogP contribution in [0.25, 0.3) is 0 Å². The van der Waals surface area contributed by atoms with Gasteiger partial charge < -0.3 is 10.6 Å². The summed E-state index contributed by atoms with van der Waals surface area (Å²) in [7, 11) is 0. The third-order valence-electron chi connectivity index (χ3n) is 3.36. The maximum absolute atomic E-state index is 13.9. The number of carbonyl (C=O) groups excluding carboxylic acids is 1. The van der Waals surface area contributed by atoms with Crippen molar-refractivity contribution in [1.29, 1.82) is 0 Å². The Kier molecular flexibility index (Phi) is 5.93. The van der Waals surface area contributed by atoms with Crippen LogP contribution in [0.5, 0.6) is 0 Å². The molecule has 0 bridgehead atoms. The molecule has 0 aliphatic heterocycles. The molecule has 23 heavy (non-hydrogen) atoms. The fourth-order valence-corrected chi connectivity index (χ4v) is 2.50. The number of halogens is 2. The molecule has 2 rings (SSSR count). The molecule has 1 aromatic heterocycles. The molecule has 0 saturated carbocycles. The van der Waals surface area contributed by atoms with Gasteiger partial charge in [-0.2, -0.15) is 0 Å². The van der Waals surface area contributed by atoms with Gasteiger partial charge in [0.15, 0.2) is 0 Å². The number of nitrogens with one attached hydrogen (secondary N) is 2. The minimum absolute atomic E-state index is 0.156. The Morgan fingerprint density at radius 3 is 2.74 bits per heavy atom. The number of nitrogens with zero attached hydrogens (tertiary/aromatic N) is 1. The van der Waals surface area contributed by atoms with Crippen LogP contribution in [-0.2, 0) is 0 Å². The molecule has 1 atom stereocenters. The van der Waals surface area contributed by atoms with E-state index >= 15 is 0 Å². The monoisotopic (exact) mass is 335 g/mol. The average Bonchev–Trinajstić information content (AvgIpc) is 2.53. The van der Waals surface area contributed by atoms with Gasteiger partial charge in [0.1, 0.15) is 11.6 Å². The molecule has 122 valence electrons.